The van der Waals surface area contributed by atoms with Crippen LogP contribution in [0.1, 0.15) is 27.7 Å². The average Bonchev–Trinajstić information content (AvgIpc) is 3.40. The van der Waals surface area contributed by atoms with Crippen LogP contribution in [-0.2, 0) is 18.9 Å². The first-order chi connectivity index (χ1) is 18.0. The molecule has 1 aromatic heterocycles. The fraction of sp³-hybridized carbons (Fsp3) is 0.321. The third-order valence-electron chi connectivity index (χ3n) is 5.68. The first kappa shape index (κ1) is 25.2. The minimum Gasteiger partial charge on any atom is -0.504 e. The number of fused-ring (bicyclic) bond motifs is 1. The van der Waals surface area contributed by atoms with E-state index in [1.807, 2.05) is 0 Å². The Kier molecular flexibility index (Phi) is 6.26. The average molecular weight is 525 g/mol. The third-order valence-corrected chi connectivity index (χ3v) is 5.68. The summed E-state index contributed by atoms with van der Waals surface area (Å²) in [5.74, 6) is 0.477. The van der Waals surface area contributed by atoms with Gasteiger partial charge in [-0.05, 0) is 18.2 Å². The molecule has 0 spiro atoms. The Morgan fingerprint density at radius 3 is 2.08 bits per heavy atom. The van der Waals surface area contributed by atoms with E-state index in [-0.39, 0.29) is 46.9 Å². The molecule has 2 aromatic carbocycles. The molecule has 10 heteroatoms. The summed E-state index contributed by atoms with van der Waals surface area (Å²) in [7, 11) is 1.45. The molecule has 38 heavy (non-hydrogen) atoms. The van der Waals surface area contributed by atoms with Gasteiger partial charge in [0.1, 0.15) is 54.0 Å². The highest BCUT2D eigenvalue weighted by molar-refractivity contribution is 5.86. The van der Waals surface area contributed by atoms with Crippen molar-refractivity contribution in [3.63, 3.8) is 0 Å². The number of aromatic hydroxyl groups is 1. The third kappa shape index (κ3) is 5.29. The monoisotopic (exact) mass is 524 g/mol. The topological polar surface area (TPSA) is 115 Å². The van der Waals surface area contributed by atoms with Crippen molar-refractivity contribution in [3.05, 3.63) is 70.7 Å². The van der Waals surface area contributed by atoms with Crippen molar-refractivity contribution in [1.29, 1.82) is 0 Å². The highest BCUT2D eigenvalue weighted by atomic mass is 16.7. The van der Waals surface area contributed by atoms with Gasteiger partial charge in [-0.25, -0.2) is 0 Å². The summed E-state index contributed by atoms with van der Waals surface area (Å²) in [4.78, 5) is 13.3. The molecule has 0 amide bonds. The molecule has 10 nitrogen and oxygen atoms in total. The molecule has 5 rings (SSSR count). The minimum absolute atomic E-state index is 0.0197. The van der Waals surface area contributed by atoms with Gasteiger partial charge in [-0.3, -0.25) is 4.79 Å². The number of hydrogen-bond acceptors (Lipinski definition) is 10. The molecule has 0 aliphatic carbocycles. The van der Waals surface area contributed by atoms with E-state index in [1.54, 1.807) is 52.0 Å². The standard InChI is InChI=1S/C28H28O10/c1-27(2)34-14-18(37-27)12-32-17-9-24(33-13-19-15-35-28(3,4)38-19)26-21(30)11-23(36-25(26)10-17)16-6-7-22(31-5)20(29)8-16/h6-11,14-15,29H,12-13H2,1-5H3. The second kappa shape index (κ2) is 9.44. The number of hydrogen-bond donors (Lipinski definition) is 1. The van der Waals surface area contributed by atoms with E-state index in [0.29, 0.717) is 28.6 Å². The lowest BCUT2D eigenvalue weighted by Gasteiger charge is -2.19. The zero-order chi connectivity index (χ0) is 27.1. The smallest absolute Gasteiger partial charge is 0.244 e. The molecule has 0 radical (unpaired) electrons. The van der Waals surface area contributed by atoms with Gasteiger partial charge in [0.05, 0.1) is 7.11 Å². The maximum Gasteiger partial charge on any atom is 0.244 e. The Bertz CT molecular complexity index is 1500. The molecule has 0 saturated carbocycles. The van der Waals surface area contributed by atoms with Crippen LogP contribution in [0.25, 0.3) is 22.3 Å². The molecular weight excluding hydrogens is 496 g/mol. The molecule has 0 unspecified atom stereocenters. The van der Waals surface area contributed by atoms with Crippen LogP contribution in [0.4, 0.5) is 0 Å². The van der Waals surface area contributed by atoms with Crippen molar-refractivity contribution in [1.82, 2.24) is 0 Å². The number of methoxy groups -OCH3 is 1. The van der Waals surface area contributed by atoms with Gasteiger partial charge in [0.2, 0.25) is 11.6 Å². The van der Waals surface area contributed by atoms with E-state index < -0.39 is 11.6 Å². The molecule has 3 heterocycles. The maximum absolute atomic E-state index is 13.3. The molecular formula is C28H28O10. The zero-order valence-electron chi connectivity index (χ0n) is 21.7. The summed E-state index contributed by atoms with van der Waals surface area (Å²) >= 11 is 0. The van der Waals surface area contributed by atoms with Crippen LogP contribution in [0.15, 0.2) is 69.7 Å². The van der Waals surface area contributed by atoms with Gasteiger partial charge in [-0.15, -0.1) is 0 Å². The van der Waals surface area contributed by atoms with Crippen LogP contribution in [0.2, 0.25) is 0 Å². The van der Waals surface area contributed by atoms with Crippen LogP contribution in [0, 0.1) is 0 Å². The molecule has 0 bridgehead atoms. The van der Waals surface area contributed by atoms with Crippen LogP contribution in [0.5, 0.6) is 23.0 Å². The SMILES string of the molecule is COc1ccc(-c2cc(=O)c3c(OCC4=COC(C)(C)O4)cc(OCC4=COC(C)(C)O4)cc3o2)cc1O. The highest BCUT2D eigenvalue weighted by Gasteiger charge is 2.29. The van der Waals surface area contributed by atoms with Crippen molar-refractivity contribution >= 4 is 11.0 Å². The molecule has 3 aromatic rings. The quantitative estimate of drug-likeness (QED) is 0.423. The lowest BCUT2D eigenvalue weighted by atomic mass is 10.1. The van der Waals surface area contributed by atoms with E-state index >= 15 is 0 Å². The van der Waals surface area contributed by atoms with E-state index in [0.717, 1.165) is 0 Å². The zero-order valence-corrected chi connectivity index (χ0v) is 21.7. The Balaban J connectivity index is 1.50. The van der Waals surface area contributed by atoms with Crippen LogP contribution in [0.3, 0.4) is 0 Å². The molecule has 1 N–H and O–H groups in total. The van der Waals surface area contributed by atoms with Crippen LogP contribution < -0.4 is 19.6 Å². The van der Waals surface area contributed by atoms with Gasteiger partial charge < -0.3 is 42.7 Å². The lowest BCUT2D eigenvalue weighted by Crippen LogP contribution is -2.21. The molecule has 0 fully saturated rings. The van der Waals surface area contributed by atoms with Gasteiger partial charge in [0, 0.05) is 51.5 Å². The van der Waals surface area contributed by atoms with Crippen molar-refractivity contribution in [2.45, 2.75) is 39.3 Å². The van der Waals surface area contributed by atoms with Gasteiger partial charge >= 0.3 is 0 Å². The predicted molar refractivity (Wildman–Crippen MR) is 136 cm³/mol. The van der Waals surface area contributed by atoms with E-state index in [1.165, 1.54) is 31.8 Å². The van der Waals surface area contributed by atoms with Crippen molar-refractivity contribution < 1.29 is 42.7 Å². The van der Waals surface area contributed by atoms with Crippen molar-refractivity contribution in [3.8, 4) is 34.3 Å². The fourth-order valence-electron chi connectivity index (χ4n) is 3.98. The predicted octanol–water partition coefficient (Wildman–Crippen LogP) is 5.18. The normalized spacial score (nSPS) is 17.0. The summed E-state index contributed by atoms with van der Waals surface area (Å²) in [5, 5.41) is 10.4. The summed E-state index contributed by atoms with van der Waals surface area (Å²) in [5.41, 5.74) is 0.378. The molecule has 2 aliphatic heterocycles. The minimum atomic E-state index is -0.797. The second-order valence-corrected chi connectivity index (χ2v) is 9.64. The largest absolute Gasteiger partial charge is 0.504 e. The van der Waals surface area contributed by atoms with E-state index in [2.05, 4.69) is 0 Å². The van der Waals surface area contributed by atoms with Crippen LogP contribution in [-0.4, -0.2) is 37.0 Å². The van der Waals surface area contributed by atoms with Crippen LogP contribution >= 0.6 is 0 Å². The fourth-order valence-corrected chi connectivity index (χ4v) is 3.98. The van der Waals surface area contributed by atoms with Gasteiger partial charge in [0.25, 0.3) is 0 Å². The van der Waals surface area contributed by atoms with Gasteiger partial charge in [-0.2, -0.15) is 0 Å². The highest BCUT2D eigenvalue weighted by Crippen LogP contribution is 2.36. The summed E-state index contributed by atoms with van der Waals surface area (Å²) in [6.45, 7) is 7.23. The Hall–Kier alpha value is -4.47. The number of ether oxygens (including phenoxy) is 7. The van der Waals surface area contributed by atoms with Crippen molar-refractivity contribution in [2.75, 3.05) is 20.3 Å². The van der Waals surface area contributed by atoms with Gasteiger partial charge in [0.15, 0.2) is 28.4 Å². The first-order valence-electron chi connectivity index (χ1n) is 11.9. The molecule has 200 valence electrons. The first-order valence-corrected chi connectivity index (χ1v) is 11.9. The lowest BCUT2D eigenvalue weighted by molar-refractivity contribution is -0.119. The van der Waals surface area contributed by atoms with E-state index in [9.17, 15) is 9.90 Å². The second-order valence-electron chi connectivity index (χ2n) is 9.64. The Labute approximate surface area is 218 Å². The maximum atomic E-state index is 13.3. The number of phenolic OH excluding ortho intramolecular Hbond substituents is 1. The number of benzene rings is 2. The molecule has 0 saturated heterocycles. The Morgan fingerprint density at radius 1 is 0.842 bits per heavy atom. The summed E-state index contributed by atoms with van der Waals surface area (Å²) in [6.07, 6.45) is 2.98. The van der Waals surface area contributed by atoms with Crippen molar-refractivity contribution in [2.24, 2.45) is 0 Å². The number of rotatable bonds is 8. The summed E-state index contributed by atoms with van der Waals surface area (Å²) < 4.78 is 45.4. The number of phenols is 1. The molecule has 2 aliphatic rings. The summed E-state index contributed by atoms with van der Waals surface area (Å²) in [6, 6.07) is 9.25. The molecule has 0 atom stereocenters. The van der Waals surface area contributed by atoms with E-state index in [4.69, 9.17) is 37.6 Å². The Morgan fingerprint density at radius 2 is 1.50 bits per heavy atom. The van der Waals surface area contributed by atoms with Gasteiger partial charge in [-0.1, -0.05) is 0 Å².